The largest absolute Gasteiger partial charge is 0.490 e. The van der Waals surface area contributed by atoms with E-state index in [0.717, 1.165) is 12.8 Å². The Labute approximate surface area is 260 Å². The van der Waals surface area contributed by atoms with Crippen LogP contribution < -0.4 is 14.8 Å². The van der Waals surface area contributed by atoms with Gasteiger partial charge in [0.2, 0.25) is 5.88 Å². The van der Waals surface area contributed by atoms with Gasteiger partial charge in [-0.25, -0.2) is 13.4 Å². The third-order valence-corrected chi connectivity index (χ3v) is 9.87. The maximum atomic E-state index is 13.1. The summed E-state index contributed by atoms with van der Waals surface area (Å²) in [5.41, 5.74) is 1.50. The van der Waals surface area contributed by atoms with E-state index in [4.69, 9.17) is 14.7 Å². The van der Waals surface area contributed by atoms with E-state index in [9.17, 15) is 18.0 Å². The van der Waals surface area contributed by atoms with E-state index in [1.807, 2.05) is 6.07 Å². The van der Waals surface area contributed by atoms with Crippen LogP contribution >= 0.6 is 0 Å². The van der Waals surface area contributed by atoms with Crippen molar-refractivity contribution in [1.29, 1.82) is 5.26 Å². The molecular weight excluding hydrogens is 594 g/mol. The van der Waals surface area contributed by atoms with Crippen molar-refractivity contribution in [2.24, 2.45) is 0 Å². The molecule has 3 heterocycles. The van der Waals surface area contributed by atoms with Gasteiger partial charge in [-0.3, -0.25) is 14.6 Å². The SMILES string of the molecule is N#Cc1ccc(Oc2ccc(NC(=O)c3ccc(C(=O)N4CCC(Oc5ccc(S(=O)(=O)C6CC6)cc5)CC4)nc3)cn2)cc1. The number of rotatable bonds is 9. The summed E-state index contributed by atoms with van der Waals surface area (Å²) < 4.78 is 36.5. The topological polar surface area (TPSA) is 152 Å². The Hall–Kier alpha value is -5.28. The van der Waals surface area contributed by atoms with E-state index in [0.29, 0.717) is 59.5 Å². The number of pyridine rings is 2. The molecule has 1 aliphatic heterocycles. The van der Waals surface area contributed by atoms with Crippen molar-refractivity contribution in [3.05, 3.63) is 102 Å². The van der Waals surface area contributed by atoms with E-state index in [2.05, 4.69) is 15.3 Å². The first-order valence-corrected chi connectivity index (χ1v) is 16.0. The normalized spacial score (nSPS) is 15.1. The summed E-state index contributed by atoms with van der Waals surface area (Å²) >= 11 is 0. The monoisotopic (exact) mass is 623 g/mol. The highest BCUT2D eigenvalue weighted by Gasteiger charge is 2.36. The number of likely N-dealkylation sites (tertiary alicyclic amines) is 1. The number of carbonyl (C=O) groups excluding carboxylic acids is 2. The third-order valence-electron chi connectivity index (χ3n) is 7.59. The van der Waals surface area contributed by atoms with Gasteiger partial charge in [0.15, 0.2) is 9.84 Å². The molecule has 0 unspecified atom stereocenters. The van der Waals surface area contributed by atoms with Gasteiger partial charge < -0.3 is 19.7 Å². The van der Waals surface area contributed by atoms with Crippen molar-refractivity contribution in [2.45, 2.75) is 41.9 Å². The lowest BCUT2D eigenvalue weighted by Gasteiger charge is -2.32. The zero-order valence-corrected chi connectivity index (χ0v) is 24.9. The number of hydrogen-bond acceptors (Lipinski definition) is 9. The van der Waals surface area contributed by atoms with Crippen molar-refractivity contribution in [2.75, 3.05) is 18.4 Å². The molecule has 2 aromatic carbocycles. The quantitative estimate of drug-likeness (QED) is 0.271. The summed E-state index contributed by atoms with van der Waals surface area (Å²) in [4.78, 5) is 36.3. The second-order valence-corrected chi connectivity index (χ2v) is 13.1. The molecule has 2 fully saturated rings. The Morgan fingerprint density at radius 2 is 1.56 bits per heavy atom. The molecule has 2 aromatic heterocycles. The zero-order valence-electron chi connectivity index (χ0n) is 24.1. The van der Waals surface area contributed by atoms with Gasteiger partial charge >= 0.3 is 0 Å². The Kier molecular flexibility index (Phi) is 8.44. The number of nitriles is 1. The maximum absolute atomic E-state index is 13.1. The number of piperidine rings is 1. The summed E-state index contributed by atoms with van der Waals surface area (Å²) in [7, 11) is -3.23. The fourth-order valence-corrected chi connectivity index (χ4v) is 6.56. The highest BCUT2D eigenvalue weighted by atomic mass is 32.2. The number of aromatic nitrogens is 2. The van der Waals surface area contributed by atoms with Crippen LogP contribution in [0.2, 0.25) is 0 Å². The fraction of sp³-hybridized carbons (Fsp3) is 0.242. The molecular formula is C33H29N5O6S. The van der Waals surface area contributed by atoms with E-state index in [1.165, 1.54) is 18.5 Å². The first-order valence-electron chi connectivity index (χ1n) is 14.5. The summed E-state index contributed by atoms with van der Waals surface area (Å²) in [6.45, 7) is 0.971. The molecule has 0 radical (unpaired) electrons. The van der Waals surface area contributed by atoms with Gasteiger partial charge in [-0.05, 0) is 79.6 Å². The van der Waals surface area contributed by atoms with E-state index < -0.39 is 15.7 Å². The number of nitrogens with one attached hydrogen (secondary N) is 1. The molecule has 2 amide bonds. The molecule has 1 saturated heterocycles. The molecule has 228 valence electrons. The molecule has 11 nitrogen and oxygen atoms in total. The molecule has 1 saturated carbocycles. The molecule has 0 atom stereocenters. The van der Waals surface area contributed by atoms with E-state index in [1.54, 1.807) is 71.6 Å². The molecule has 4 aromatic rings. The van der Waals surface area contributed by atoms with Gasteiger partial charge in [-0.1, -0.05) is 0 Å². The van der Waals surface area contributed by atoms with E-state index in [-0.39, 0.29) is 28.5 Å². The highest BCUT2D eigenvalue weighted by Crippen LogP contribution is 2.34. The third kappa shape index (κ3) is 7.11. The van der Waals surface area contributed by atoms with Crippen molar-refractivity contribution < 1.29 is 27.5 Å². The van der Waals surface area contributed by atoms with Crippen molar-refractivity contribution >= 4 is 27.3 Å². The first kappa shape index (κ1) is 29.8. The fourth-order valence-electron chi connectivity index (χ4n) is 4.90. The second-order valence-electron chi connectivity index (χ2n) is 10.8. The summed E-state index contributed by atoms with van der Waals surface area (Å²) in [5.74, 6) is 0.834. The summed E-state index contributed by atoms with van der Waals surface area (Å²) in [6.07, 6.45) is 5.43. The molecule has 1 aliphatic carbocycles. The predicted molar refractivity (Wildman–Crippen MR) is 164 cm³/mol. The Balaban J connectivity index is 0.971. The lowest BCUT2D eigenvalue weighted by atomic mass is 10.1. The number of hydrogen-bond donors (Lipinski definition) is 1. The number of ether oxygens (including phenoxy) is 2. The maximum Gasteiger partial charge on any atom is 0.272 e. The van der Waals surface area contributed by atoms with Crippen LogP contribution in [0, 0.1) is 11.3 Å². The standard InChI is InChI=1S/C33H29N5O6S/c34-19-22-1-5-26(6-2-22)44-31-14-4-24(21-36-31)37-32(39)23-3-13-30(35-20-23)33(40)38-17-15-27(16-18-38)43-25-7-9-28(10-8-25)45(41,42)29-11-12-29/h1-10,13-14,20-21,27,29H,11-12,15-18H2,(H,37,39). The lowest BCUT2D eigenvalue weighted by molar-refractivity contribution is 0.0589. The minimum Gasteiger partial charge on any atom is -0.490 e. The van der Waals surface area contributed by atoms with Crippen LogP contribution in [0.15, 0.2) is 90.1 Å². The minimum atomic E-state index is -3.23. The number of nitrogens with zero attached hydrogens (tertiary/aromatic N) is 4. The van der Waals surface area contributed by atoms with Gasteiger partial charge in [-0.15, -0.1) is 0 Å². The molecule has 0 bridgehead atoms. The van der Waals surface area contributed by atoms with Crippen LogP contribution in [-0.2, 0) is 9.84 Å². The number of sulfone groups is 1. The number of anilines is 1. The van der Waals surface area contributed by atoms with Crippen LogP contribution in [0.3, 0.4) is 0 Å². The van der Waals surface area contributed by atoms with Crippen LogP contribution in [0.25, 0.3) is 0 Å². The summed E-state index contributed by atoms with van der Waals surface area (Å²) in [6, 6.07) is 21.6. The lowest BCUT2D eigenvalue weighted by Crippen LogP contribution is -2.42. The van der Waals surface area contributed by atoms with Gasteiger partial charge in [-0.2, -0.15) is 5.26 Å². The average Bonchev–Trinajstić information content (AvgIpc) is 3.93. The number of benzene rings is 2. The molecule has 2 aliphatic rings. The average molecular weight is 624 g/mol. The second kappa shape index (κ2) is 12.8. The first-order chi connectivity index (χ1) is 21.8. The Morgan fingerprint density at radius 1 is 0.844 bits per heavy atom. The van der Waals surface area contributed by atoms with Crippen LogP contribution in [0.5, 0.6) is 17.4 Å². The number of amides is 2. The minimum absolute atomic E-state index is 0.0925. The Bertz CT molecular complexity index is 1830. The predicted octanol–water partition coefficient (Wildman–Crippen LogP) is 5.01. The van der Waals surface area contributed by atoms with Crippen LogP contribution in [-0.4, -0.2) is 59.5 Å². The Morgan fingerprint density at radius 3 is 2.16 bits per heavy atom. The van der Waals surface area contributed by atoms with Gasteiger partial charge in [0.1, 0.15) is 23.3 Å². The number of carbonyl (C=O) groups is 2. The molecule has 1 N–H and O–H groups in total. The smallest absolute Gasteiger partial charge is 0.272 e. The van der Waals surface area contributed by atoms with E-state index >= 15 is 0 Å². The van der Waals surface area contributed by atoms with Crippen LogP contribution in [0.1, 0.15) is 52.1 Å². The van der Waals surface area contributed by atoms with Gasteiger partial charge in [0, 0.05) is 38.2 Å². The summed E-state index contributed by atoms with van der Waals surface area (Å²) in [5, 5.41) is 11.4. The molecule has 45 heavy (non-hydrogen) atoms. The molecule has 6 rings (SSSR count). The van der Waals surface area contributed by atoms with Crippen molar-refractivity contribution in [3.8, 4) is 23.4 Å². The highest BCUT2D eigenvalue weighted by molar-refractivity contribution is 7.92. The van der Waals surface area contributed by atoms with Gasteiger partial charge in [0.25, 0.3) is 11.8 Å². The molecule has 12 heteroatoms. The van der Waals surface area contributed by atoms with Crippen LogP contribution in [0.4, 0.5) is 5.69 Å². The van der Waals surface area contributed by atoms with Crippen molar-refractivity contribution in [1.82, 2.24) is 14.9 Å². The van der Waals surface area contributed by atoms with Gasteiger partial charge in [0.05, 0.1) is 39.2 Å². The van der Waals surface area contributed by atoms with Crippen molar-refractivity contribution in [3.63, 3.8) is 0 Å². The molecule has 0 spiro atoms. The zero-order chi connectivity index (χ0) is 31.4.